The number of carbonyl (C=O) groups excluding carboxylic acids is 8. The summed E-state index contributed by atoms with van der Waals surface area (Å²) in [6.07, 6.45) is 0.372. The number of ether oxygens (including phenoxy) is 3. The molecule has 0 saturated carbocycles. The Bertz CT molecular complexity index is 1140. The molecule has 1 aliphatic heterocycles. The van der Waals surface area contributed by atoms with Gasteiger partial charge in [-0.2, -0.15) is 0 Å². The second-order valence-corrected chi connectivity index (χ2v) is 12.2. The normalized spacial score (nSPS) is 15.9. The van der Waals surface area contributed by atoms with E-state index in [0.717, 1.165) is 0 Å². The molecule has 1 unspecified atom stereocenters. The monoisotopic (exact) mass is 683 g/mol. The highest BCUT2D eigenvalue weighted by atomic mass is 16.6. The van der Waals surface area contributed by atoms with Gasteiger partial charge in [0.2, 0.25) is 23.5 Å². The molecule has 1 rings (SSSR count). The molecule has 16 heteroatoms. The molecule has 0 bridgehead atoms. The second-order valence-electron chi connectivity index (χ2n) is 12.2. The minimum absolute atomic E-state index is 0.0371. The van der Waals surface area contributed by atoms with Crippen molar-refractivity contribution in [3.8, 4) is 0 Å². The van der Waals surface area contributed by atoms with Gasteiger partial charge in [-0.1, -0.05) is 41.0 Å². The first-order valence-electron chi connectivity index (χ1n) is 16.6. The van der Waals surface area contributed by atoms with Crippen molar-refractivity contribution in [2.75, 3.05) is 32.9 Å². The number of nitrogens with one attached hydrogen (secondary N) is 4. The van der Waals surface area contributed by atoms with Crippen LogP contribution in [0.2, 0.25) is 0 Å². The Morgan fingerprint density at radius 2 is 1.48 bits per heavy atom. The lowest BCUT2D eigenvalue weighted by molar-refractivity contribution is -0.149. The van der Waals surface area contributed by atoms with Gasteiger partial charge in [0.1, 0.15) is 18.1 Å². The fourth-order valence-corrected chi connectivity index (χ4v) is 4.87. The Balaban J connectivity index is 2.87. The summed E-state index contributed by atoms with van der Waals surface area (Å²) in [7, 11) is 0. The molecule has 0 aromatic rings. The molecule has 0 spiro atoms. The van der Waals surface area contributed by atoms with Crippen molar-refractivity contribution in [3.05, 3.63) is 0 Å². The summed E-state index contributed by atoms with van der Waals surface area (Å²) in [4.78, 5) is 103. The lowest BCUT2D eigenvalue weighted by Gasteiger charge is -2.31. The number of likely N-dealkylation sites (tertiary alicyclic amines) is 1. The van der Waals surface area contributed by atoms with Gasteiger partial charge in [-0.15, -0.1) is 0 Å². The maximum absolute atomic E-state index is 13.5. The van der Waals surface area contributed by atoms with E-state index in [2.05, 4.69) is 21.3 Å². The van der Waals surface area contributed by atoms with Crippen LogP contribution < -0.4 is 21.3 Å². The minimum atomic E-state index is -1.23. The van der Waals surface area contributed by atoms with Crippen LogP contribution >= 0.6 is 0 Å². The zero-order valence-corrected chi connectivity index (χ0v) is 29.2. The summed E-state index contributed by atoms with van der Waals surface area (Å²) in [6, 6.07) is -4.29. The zero-order chi connectivity index (χ0) is 36.4. The third-order valence-electron chi connectivity index (χ3n) is 7.28. The molecule has 1 fully saturated rings. The third kappa shape index (κ3) is 14.3. The molecule has 16 nitrogen and oxygen atoms in total. The largest absolute Gasteiger partial charge is 0.466 e. The van der Waals surface area contributed by atoms with Gasteiger partial charge in [0.15, 0.2) is 0 Å². The second kappa shape index (κ2) is 21.6. The van der Waals surface area contributed by atoms with Crippen LogP contribution in [-0.4, -0.2) is 109 Å². The predicted molar refractivity (Wildman–Crippen MR) is 172 cm³/mol. The van der Waals surface area contributed by atoms with Gasteiger partial charge < -0.3 is 40.4 Å². The van der Waals surface area contributed by atoms with Crippen LogP contribution in [-0.2, 0) is 47.8 Å². The maximum Gasteiger partial charge on any atom is 0.407 e. The highest BCUT2D eigenvalue weighted by Gasteiger charge is 2.40. The summed E-state index contributed by atoms with van der Waals surface area (Å²) in [5.74, 6) is -5.57. The number of nitrogens with zero attached hydrogens (tertiary/aromatic N) is 1. The fourth-order valence-electron chi connectivity index (χ4n) is 4.87. The Morgan fingerprint density at radius 1 is 0.812 bits per heavy atom. The van der Waals surface area contributed by atoms with Gasteiger partial charge in [-0.05, 0) is 51.4 Å². The summed E-state index contributed by atoms with van der Waals surface area (Å²) in [6.45, 7) is 12.2. The fraction of sp³-hybridized carbons (Fsp3) is 0.750. The molecule has 0 aromatic carbocycles. The third-order valence-corrected chi connectivity index (χ3v) is 7.28. The van der Waals surface area contributed by atoms with Crippen LogP contribution in [0.15, 0.2) is 0 Å². The molecule has 272 valence electrons. The molecule has 5 amide bonds. The molecule has 0 radical (unpaired) electrons. The van der Waals surface area contributed by atoms with Crippen LogP contribution in [0.5, 0.6) is 0 Å². The molecule has 0 aliphatic carbocycles. The van der Waals surface area contributed by atoms with Gasteiger partial charge in [0.05, 0.1) is 32.4 Å². The number of Topliss-reactive ketones (excluding diaryl/α,β-unsaturated/α-hetero) is 1. The standard InChI is InChI=1S/C32H53N5O11/c1-8-12-21(27(40)29(42)33-17-24(38)34-22(31(44)47-10-3)14-15-25(39)46-9-2)35-28(41)23-13-11-16-37(23)30(43)26(20(6)7)36-32(45)48-18-19(4)5/h19-23,26H,8-18H2,1-7H3,(H,33,42)(H,34,38)(H,35,41)(H,36,45)/t21?,22-,23-,26-/m0/s1. The summed E-state index contributed by atoms with van der Waals surface area (Å²) in [5.41, 5.74) is 0. The average molecular weight is 684 g/mol. The molecule has 4 N–H and O–H groups in total. The van der Waals surface area contributed by atoms with Crippen molar-refractivity contribution in [1.29, 1.82) is 0 Å². The van der Waals surface area contributed by atoms with E-state index in [1.807, 2.05) is 13.8 Å². The van der Waals surface area contributed by atoms with Gasteiger partial charge in [0.25, 0.3) is 5.91 Å². The van der Waals surface area contributed by atoms with Crippen LogP contribution in [0.4, 0.5) is 4.79 Å². The smallest absolute Gasteiger partial charge is 0.407 e. The number of hydrogen-bond acceptors (Lipinski definition) is 11. The highest BCUT2D eigenvalue weighted by Crippen LogP contribution is 2.21. The zero-order valence-electron chi connectivity index (χ0n) is 29.2. The van der Waals surface area contributed by atoms with E-state index >= 15 is 0 Å². The van der Waals surface area contributed by atoms with Crippen molar-refractivity contribution in [2.45, 2.75) is 111 Å². The number of ketones is 1. The number of esters is 2. The summed E-state index contributed by atoms with van der Waals surface area (Å²) >= 11 is 0. The van der Waals surface area contributed by atoms with Crippen molar-refractivity contribution in [3.63, 3.8) is 0 Å². The number of carbonyl (C=O) groups is 8. The Hall–Kier alpha value is -4.24. The van der Waals surface area contributed by atoms with E-state index in [1.165, 1.54) is 4.90 Å². The maximum atomic E-state index is 13.5. The SMILES string of the molecule is CCCC(NC(=O)[C@@H]1CCCN1C(=O)[C@@H](NC(=O)OCC(C)C)C(C)C)C(=O)C(=O)NCC(=O)N[C@@H](CCC(=O)OCC)C(=O)OCC. The Labute approximate surface area is 282 Å². The van der Waals surface area contributed by atoms with Crippen molar-refractivity contribution in [1.82, 2.24) is 26.2 Å². The van der Waals surface area contributed by atoms with E-state index in [-0.39, 0.29) is 57.5 Å². The Kier molecular flexibility index (Phi) is 18.8. The molecular formula is C32H53N5O11. The summed E-state index contributed by atoms with van der Waals surface area (Å²) < 4.78 is 14.9. The van der Waals surface area contributed by atoms with Crippen LogP contribution in [0, 0.1) is 11.8 Å². The van der Waals surface area contributed by atoms with Gasteiger partial charge in [-0.3, -0.25) is 28.8 Å². The number of alkyl carbamates (subject to hydrolysis) is 1. The van der Waals surface area contributed by atoms with Crippen molar-refractivity contribution < 1.29 is 52.6 Å². The lowest BCUT2D eigenvalue weighted by atomic mass is 10.0. The van der Waals surface area contributed by atoms with E-state index < -0.39 is 78.2 Å². The molecule has 1 heterocycles. The van der Waals surface area contributed by atoms with E-state index in [0.29, 0.717) is 19.3 Å². The van der Waals surface area contributed by atoms with Crippen molar-refractivity contribution >= 4 is 47.4 Å². The predicted octanol–water partition coefficient (Wildman–Crippen LogP) is 0.746. The first kappa shape index (κ1) is 41.8. The lowest BCUT2D eigenvalue weighted by Crippen LogP contribution is -2.57. The van der Waals surface area contributed by atoms with E-state index in [9.17, 15) is 38.4 Å². The number of rotatable bonds is 20. The van der Waals surface area contributed by atoms with Gasteiger partial charge in [-0.25, -0.2) is 9.59 Å². The van der Waals surface area contributed by atoms with Gasteiger partial charge >= 0.3 is 18.0 Å². The van der Waals surface area contributed by atoms with E-state index in [4.69, 9.17) is 14.2 Å². The van der Waals surface area contributed by atoms with E-state index in [1.54, 1.807) is 34.6 Å². The van der Waals surface area contributed by atoms with Crippen LogP contribution in [0.3, 0.4) is 0 Å². The molecule has 1 aliphatic rings. The van der Waals surface area contributed by atoms with Gasteiger partial charge in [0, 0.05) is 13.0 Å². The Morgan fingerprint density at radius 3 is 2.06 bits per heavy atom. The van der Waals surface area contributed by atoms with Crippen molar-refractivity contribution in [2.24, 2.45) is 11.8 Å². The average Bonchev–Trinajstić information content (AvgIpc) is 3.53. The molecule has 0 aromatic heterocycles. The summed E-state index contributed by atoms with van der Waals surface area (Å²) in [5, 5.41) is 9.78. The number of hydrogen-bond donors (Lipinski definition) is 4. The number of amides is 5. The van der Waals surface area contributed by atoms with Crippen LogP contribution in [0.25, 0.3) is 0 Å². The molecule has 48 heavy (non-hydrogen) atoms. The molecular weight excluding hydrogens is 630 g/mol. The quantitative estimate of drug-likeness (QED) is 0.0798. The first-order valence-corrected chi connectivity index (χ1v) is 16.6. The highest BCUT2D eigenvalue weighted by molar-refractivity contribution is 6.38. The van der Waals surface area contributed by atoms with Crippen LogP contribution in [0.1, 0.15) is 87.0 Å². The first-order chi connectivity index (χ1) is 22.7. The molecule has 1 saturated heterocycles. The molecule has 4 atom stereocenters. The minimum Gasteiger partial charge on any atom is -0.466 e. The topological polar surface area (TPSA) is 216 Å².